The molecule has 0 aliphatic carbocycles. The van der Waals surface area contributed by atoms with Crippen molar-refractivity contribution in [3.8, 4) is 22.9 Å². The first-order chi connectivity index (χ1) is 16.1. The Morgan fingerprint density at radius 1 is 1.06 bits per heavy atom. The minimum Gasteiger partial charge on any atom is -0.497 e. The molecule has 33 heavy (non-hydrogen) atoms. The van der Waals surface area contributed by atoms with Crippen LogP contribution in [0, 0.1) is 0 Å². The third kappa shape index (κ3) is 4.54. The van der Waals surface area contributed by atoms with Gasteiger partial charge in [0.1, 0.15) is 11.5 Å². The fraction of sp³-hybridized carbons (Fsp3) is 0.292. The molecule has 0 saturated carbocycles. The number of nitrogens with one attached hydrogen (secondary N) is 1. The zero-order valence-corrected chi connectivity index (χ0v) is 20.0. The third-order valence-corrected chi connectivity index (χ3v) is 6.38. The Labute approximate surface area is 196 Å². The van der Waals surface area contributed by atoms with E-state index in [0.717, 1.165) is 23.3 Å². The van der Waals surface area contributed by atoms with Gasteiger partial charge in [0.15, 0.2) is 11.0 Å². The van der Waals surface area contributed by atoms with Crippen LogP contribution in [-0.4, -0.2) is 45.2 Å². The van der Waals surface area contributed by atoms with Crippen molar-refractivity contribution < 1.29 is 14.3 Å². The molecule has 172 valence electrons. The SMILES string of the molecule is CCn1c(SCC(=O)Nc2cc(OC)ccc2OC)nnc1-c1cn(CC)c2ccccc12. The molecule has 0 bridgehead atoms. The summed E-state index contributed by atoms with van der Waals surface area (Å²) < 4.78 is 14.8. The zero-order chi connectivity index (χ0) is 23.4. The number of anilines is 1. The molecule has 0 unspecified atom stereocenters. The molecule has 8 nitrogen and oxygen atoms in total. The highest BCUT2D eigenvalue weighted by Gasteiger charge is 2.19. The molecule has 0 atom stereocenters. The van der Waals surface area contributed by atoms with E-state index >= 15 is 0 Å². The van der Waals surface area contributed by atoms with Crippen molar-refractivity contribution in [2.45, 2.75) is 32.1 Å². The van der Waals surface area contributed by atoms with E-state index in [2.05, 4.69) is 52.3 Å². The van der Waals surface area contributed by atoms with E-state index in [1.807, 2.05) is 16.7 Å². The Bertz CT molecular complexity index is 1280. The van der Waals surface area contributed by atoms with Gasteiger partial charge in [-0.3, -0.25) is 4.79 Å². The number of ether oxygens (including phenoxy) is 2. The molecule has 2 aromatic heterocycles. The Kier molecular flexibility index (Phi) is 6.88. The summed E-state index contributed by atoms with van der Waals surface area (Å²) in [4.78, 5) is 12.7. The number of nitrogens with zero attached hydrogens (tertiary/aromatic N) is 4. The number of aryl methyl sites for hydroxylation is 1. The number of hydrogen-bond acceptors (Lipinski definition) is 6. The van der Waals surface area contributed by atoms with Gasteiger partial charge in [-0.2, -0.15) is 0 Å². The number of methoxy groups -OCH3 is 2. The third-order valence-electron chi connectivity index (χ3n) is 5.42. The minimum absolute atomic E-state index is 0.165. The summed E-state index contributed by atoms with van der Waals surface area (Å²) in [5.74, 6) is 2.04. The lowest BCUT2D eigenvalue weighted by Gasteiger charge is -2.12. The van der Waals surface area contributed by atoms with Gasteiger partial charge >= 0.3 is 0 Å². The number of hydrogen-bond donors (Lipinski definition) is 1. The van der Waals surface area contributed by atoms with Gasteiger partial charge in [0.25, 0.3) is 0 Å². The predicted octanol–water partition coefficient (Wildman–Crippen LogP) is 4.69. The smallest absolute Gasteiger partial charge is 0.234 e. The number of aromatic nitrogens is 4. The van der Waals surface area contributed by atoms with Gasteiger partial charge in [0, 0.05) is 41.8 Å². The average Bonchev–Trinajstić information content (AvgIpc) is 3.43. The fourth-order valence-corrected chi connectivity index (χ4v) is 4.60. The molecular weight excluding hydrogens is 438 g/mol. The van der Waals surface area contributed by atoms with Crippen molar-refractivity contribution in [3.63, 3.8) is 0 Å². The molecule has 1 amide bonds. The van der Waals surface area contributed by atoms with Crippen LogP contribution in [0.2, 0.25) is 0 Å². The van der Waals surface area contributed by atoms with Gasteiger partial charge in [-0.1, -0.05) is 30.0 Å². The highest BCUT2D eigenvalue weighted by atomic mass is 32.2. The van der Waals surface area contributed by atoms with E-state index in [0.29, 0.717) is 28.9 Å². The predicted molar refractivity (Wildman–Crippen MR) is 131 cm³/mol. The molecule has 2 heterocycles. The number of carbonyl (C=O) groups excluding carboxylic acids is 1. The summed E-state index contributed by atoms with van der Waals surface area (Å²) >= 11 is 1.35. The summed E-state index contributed by atoms with van der Waals surface area (Å²) in [6.45, 7) is 5.74. The first kappa shape index (κ1) is 22.7. The summed E-state index contributed by atoms with van der Waals surface area (Å²) in [7, 11) is 3.14. The zero-order valence-electron chi connectivity index (χ0n) is 19.2. The number of para-hydroxylation sites is 1. The monoisotopic (exact) mass is 465 g/mol. The summed E-state index contributed by atoms with van der Waals surface area (Å²) in [6, 6.07) is 13.6. The molecule has 4 rings (SSSR count). The lowest BCUT2D eigenvalue weighted by molar-refractivity contribution is -0.113. The van der Waals surface area contributed by atoms with Crippen LogP contribution >= 0.6 is 11.8 Å². The number of fused-ring (bicyclic) bond motifs is 1. The van der Waals surface area contributed by atoms with Crippen LogP contribution in [0.5, 0.6) is 11.5 Å². The van der Waals surface area contributed by atoms with E-state index in [1.165, 1.54) is 17.3 Å². The Morgan fingerprint density at radius 3 is 2.61 bits per heavy atom. The lowest BCUT2D eigenvalue weighted by Crippen LogP contribution is -2.15. The van der Waals surface area contributed by atoms with Crippen LogP contribution in [-0.2, 0) is 17.9 Å². The van der Waals surface area contributed by atoms with Gasteiger partial charge in [0.2, 0.25) is 5.91 Å². The molecule has 0 fully saturated rings. The van der Waals surface area contributed by atoms with Gasteiger partial charge in [-0.05, 0) is 32.0 Å². The summed E-state index contributed by atoms with van der Waals surface area (Å²) in [5, 5.41) is 13.6. The first-order valence-electron chi connectivity index (χ1n) is 10.8. The van der Waals surface area contributed by atoms with Crippen LogP contribution < -0.4 is 14.8 Å². The van der Waals surface area contributed by atoms with Crippen LogP contribution in [0.4, 0.5) is 5.69 Å². The average molecular weight is 466 g/mol. The van der Waals surface area contributed by atoms with E-state index in [1.54, 1.807) is 32.4 Å². The van der Waals surface area contributed by atoms with Crippen LogP contribution in [0.25, 0.3) is 22.3 Å². The van der Waals surface area contributed by atoms with Crippen LogP contribution in [0.15, 0.2) is 53.8 Å². The summed E-state index contributed by atoms with van der Waals surface area (Å²) in [6.07, 6.45) is 2.12. The number of rotatable bonds is 9. The molecule has 4 aromatic rings. The molecule has 0 radical (unpaired) electrons. The Hall–Kier alpha value is -3.46. The topological polar surface area (TPSA) is 83.2 Å². The van der Waals surface area contributed by atoms with E-state index < -0.39 is 0 Å². The van der Waals surface area contributed by atoms with Crippen molar-refractivity contribution >= 4 is 34.3 Å². The molecule has 0 spiro atoms. The summed E-state index contributed by atoms with van der Waals surface area (Å²) in [5.41, 5.74) is 2.77. The lowest BCUT2D eigenvalue weighted by atomic mass is 10.1. The van der Waals surface area contributed by atoms with Crippen molar-refractivity contribution in [1.82, 2.24) is 19.3 Å². The molecule has 2 aromatic carbocycles. The van der Waals surface area contributed by atoms with Gasteiger partial charge in [-0.15, -0.1) is 10.2 Å². The first-order valence-corrected chi connectivity index (χ1v) is 11.7. The largest absolute Gasteiger partial charge is 0.497 e. The Morgan fingerprint density at radius 2 is 1.88 bits per heavy atom. The molecule has 0 aliphatic heterocycles. The molecule has 9 heteroatoms. The van der Waals surface area contributed by atoms with E-state index in [4.69, 9.17) is 9.47 Å². The van der Waals surface area contributed by atoms with Gasteiger partial charge < -0.3 is 23.9 Å². The minimum atomic E-state index is -0.165. The van der Waals surface area contributed by atoms with Crippen molar-refractivity contribution in [2.75, 3.05) is 25.3 Å². The highest BCUT2D eigenvalue weighted by molar-refractivity contribution is 7.99. The molecular formula is C24H27N5O3S. The Balaban J connectivity index is 1.54. The molecule has 0 aliphatic rings. The normalized spacial score (nSPS) is 11.0. The van der Waals surface area contributed by atoms with Gasteiger partial charge in [-0.25, -0.2) is 0 Å². The van der Waals surface area contributed by atoms with Crippen molar-refractivity contribution in [2.24, 2.45) is 0 Å². The second kappa shape index (κ2) is 9.99. The quantitative estimate of drug-likeness (QED) is 0.361. The maximum atomic E-state index is 12.7. The van der Waals surface area contributed by atoms with Crippen LogP contribution in [0.1, 0.15) is 13.8 Å². The number of carbonyl (C=O) groups is 1. The van der Waals surface area contributed by atoms with Crippen molar-refractivity contribution in [3.05, 3.63) is 48.7 Å². The van der Waals surface area contributed by atoms with Crippen LogP contribution in [0.3, 0.4) is 0 Å². The second-order valence-electron chi connectivity index (χ2n) is 7.30. The number of benzene rings is 2. The fourth-order valence-electron chi connectivity index (χ4n) is 3.79. The van der Waals surface area contributed by atoms with E-state index in [9.17, 15) is 4.79 Å². The standard InChI is InChI=1S/C24H27N5O3S/c1-5-28-14-18(17-9-7-8-10-20(17)28)23-26-27-24(29(23)6-2)33-15-22(30)25-19-13-16(31-3)11-12-21(19)32-4/h7-14H,5-6,15H2,1-4H3,(H,25,30). The molecule has 0 saturated heterocycles. The van der Waals surface area contributed by atoms with Gasteiger partial charge in [0.05, 0.1) is 25.7 Å². The second-order valence-corrected chi connectivity index (χ2v) is 8.24. The molecule has 1 N–H and O–H groups in total. The van der Waals surface area contributed by atoms with E-state index in [-0.39, 0.29) is 11.7 Å². The number of thioether (sulfide) groups is 1. The highest BCUT2D eigenvalue weighted by Crippen LogP contribution is 2.32. The van der Waals surface area contributed by atoms with Crippen molar-refractivity contribution in [1.29, 1.82) is 0 Å². The maximum Gasteiger partial charge on any atom is 0.234 e. The number of amides is 1. The maximum absolute atomic E-state index is 12.7.